The van der Waals surface area contributed by atoms with E-state index >= 15 is 0 Å². The summed E-state index contributed by atoms with van der Waals surface area (Å²) in [6, 6.07) is 75.4. The van der Waals surface area contributed by atoms with E-state index in [-0.39, 0.29) is 32.5 Å². The Balaban J connectivity index is 1.04. The number of hydrogen-bond acceptors (Lipinski definition) is 1. The number of rotatable bonds is 7. The van der Waals surface area contributed by atoms with E-state index in [2.05, 4.69) is 328 Å². The second kappa shape index (κ2) is 19.8. The number of fused-ring (bicyclic) bond motifs is 3. The third kappa shape index (κ3) is 10.3. The van der Waals surface area contributed by atoms with Crippen LogP contribution in [0, 0.1) is 0 Å². The van der Waals surface area contributed by atoms with Crippen molar-refractivity contribution in [2.45, 2.75) is 157 Å². The molecule has 0 bridgehead atoms. The zero-order chi connectivity index (χ0) is 59.8. The predicted octanol–water partition coefficient (Wildman–Crippen LogP) is 23.9. The summed E-state index contributed by atoms with van der Waals surface area (Å²) in [7, 11) is 0. The highest BCUT2D eigenvalue weighted by Crippen LogP contribution is 2.48. The van der Waals surface area contributed by atoms with E-state index in [1.807, 2.05) is 0 Å². The van der Waals surface area contributed by atoms with Gasteiger partial charge in [0.1, 0.15) is 0 Å². The molecule has 0 saturated carbocycles. The van der Waals surface area contributed by atoms with E-state index in [4.69, 9.17) is 0 Å². The summed E-state index contributed by atoms with van der Waals surface area (Å²) in [6.07, 6.45) is 0. The van der Waals surface area contributed by atoms with Gasteiger partial charge in [-0.3, -0.25) is 0 Å². The Hall–Kier alpha value is -7.94. The molecule has 0 aliphatic carbocycles. The van der Waals surface area contributed by atoms with Crippen molar-refractivity contribution in [3.63, 3.8) is 0 Å². The molecule has 0 saturated heterocycles. The first kappa shape index (κ1) is 56.5. The Kier molecular flexibility index (Phi) is 13.4. The summed E-state index contributed by atoms with van der Waals surface area (Å²) in [4.78, 5) is 2.50. The molecule has 424 valence electrons. The summed E-state index contributed by atoms with van der Waals surface area (Å²) >= 11 is 0. The van der Waals surface area contributed by atoms with Crippen molar-refractivity contribution < 1.29 is 0 Å². The van der Waals surface area contributed by atoms with Gasteiger partial charge in [-0.2, -0.15) is 0 Å². The highest BCUT2D eigenvalue weighted by molar-refractivity contribution is 6.27. The zero-order valence-electron chi connectivity index (χ0n) is 53.4. The maximum Gasteiger partial charge on any atom is 0.0541 e. The Bertz CT molecular complexity index is 4360. The number of anilines is 3. The molecule has 0 aliphatic heterocycles. The van der Waals surface area contributed by atoms with Crippen LogP contribution in [-0.2, 0) is 32.5 Å². The van der Waals surface area contributed by atoms with Crippen molar-refractivity contribution in [3.05, 3.63) is 228 Å². The molecule has 0 spiro atoms. The fourth-order valence-corrected chi connectivity index (χ4v) is 12.6. The van der Waals surface area contributed by atoms with Crippen molar-refractivity contribution in [1.29, 1.82) is 0 Å². The largest absolute Gasteiger partial charge is 0.310 e. The summed E-state index contributed by atoms with van der Waals surface area (Å²) in [5, 5.41) is 10.1. The van der Waals surface area contributed by atoms with Crippen LogP contribution in [0.5, 0.6) is 0 Å². The molecule has 0 aliphatic rings. The van der Waals surface area contributed by atoms with E-state index < -0.39 is 0 Å². The van der Waals surface area contributed by atoms with Crippen LogP contribution >= 0.6 is 0 Å². The second-order valence-corrected chi connectivity index (χ2v) is 30.5. The van der Waals surface area contributed by atoms with Crippen molar-refractivity contribution in [2.24, 2.45) is 0 Å². The smallest absolute Gasteiger partial charge is 0.0541 e. The van der Waals surface area contributed by atoms with Crippen LogP contribution in [0.25, 0.3) is 93.2 Å². The molecule has 0 N–H and O–H groups in total. The van der Waals surface area contributed by atoms with Gasteiger partial charge < -0.3 is 9.47 Å². The number of hydrogen-bond donors (Lipinski definition) is 0. The Morgan fingerprint density at radius 2 is 0.655 bits per heavy atom. The van der Waals surface area contributed by atoms with Gasteiger partial charge in [-0.15, -0.1) is 0 Å². The standard InChI is InChI=1S/C82H86N2/c1-77(2,3)59-32-40-73-69(49-59)70-50-60(78(4,5)6)33-41-74(70)84(73)72-39-31-55-28-36-67-71(38-30-54-29-37-68(72)76(55)75(54)67)83(65-34-26-53(27-35-65)58-44-63(81(13,14)15)48-64(45-58)82(16,17)18)66-21-19-20-56(46-66)51-22-24-52(25-23-51)57-42-61(79(7,8)9)47-62(43-57)80(10,11)12/h19-50H,1-18H3. The summed E-state index contributed by atoms with van der Waals surface area (Å²) < 4.78 is 2.54. The van der Waals surface area contributed by atoms with Crippen LogP contribution in [0.2, 0.25) is 0 Å². The topological polar surface area (TPSA) is 8.17 Å². The molecule has 2 nitrogen and oxygen atoms in total. The van der Waals surface area contributed by atoms with Crippen molar-refractivity contribution in [1.82, 2.24) is 4.57 Å². The molecule has 2 heteroatoms. The molecule has 0 atom stereocenters. The minimum Gasteiger partial charge on any atom is -0.310 e. The summed E-state index contributed by atoms with van der Waals surface area (Å²) in [5.41, 5.74) is 22.6. The van der Waals surface area contributed by atoms with Crippen LogP contribution in [0.1, 0.15) is 158 Å². The highest BCUT2D eigenvalue weighted by atomic mass is 15.1. The van der Waals surface area contributed by atoms with Crippen molar-refractivity contribution >= 4 is 71.2 Å². The van der Waals surface area contributed by atoms with Crippen LogP contribution in [-0.4, -0.2) is 4.57 Å². The Morgan fingerprint density at radius 1 is 0.262 bits per heavy atom. The molecule has 1 heterocycles. The second-order valence-electron chi connectivity index (χ2n) is 30.5. The van der Waals surface area contributed by atoms with E-state index in [0.717, 1.165) is 17.1 Å². The van der Waals surface area contributed by atoms with E-state index in [0.29, 0.717) is 0 Å². The number of benzene rings is 11. The first-order chi connectivity index (χ1) is 39.4. The third-order valence-corrected chi connectivity index (χ3v) is 18.0. The molecule has 12 aromatic rings. The lowest BCUT2D eigenvalue weighted by Crippen LogP contribution is -2.16. The first-order valence-electron chi connectivity index (χ1n) is 30.6. The third-order valence-electron chi connectivity index (χ3n) is 18.0. The lowest BCUT2D eigenvalue weighted by molar-refractivity contribution is 0.568. The van der Waals surface area contributed by atoms with Gasteiger partial charge in [0.25, 0.3) is 0 Å². The average molecular weight is 1100 g/mol. The number of aromatic nitrogens is 1. The maximum atomic E-state index is 2.54. The molecule has 84 heavy (non-hydrogen) atoms. The Labute approximate surface area is 501 Å². The van der Waals surface area contributed by atoms with Crippen LogP contribution in [0.3, 0.4) is 0 Å². The molecule has 1 aromatic heterocycles. The van der Waals surface area contributed by atoms with Gasteiger partial charge >= 0.3 is 0 Å². The van der Waals surface area contributed by atoms with Crippen LogP contribution in [0.4, 0.5) is 17.1 Å². The highest BCUT2D eigenvalue weighted by Gasteiger charge is 2.27. The van der Waals surface area contributed by atoms with Gasteiger partial charge in [-0.05, 0) is 181 Å². The van der Waals surface area contributed by atoms with Gasteiger partial charge in [0.2, 0.25) is 0 Å². The maximum absolute atomic E-state index is 2.54. The Morgan fingerprint density at radius 3 is 1.11 bits per heavy atom. The molecular weight excluding hydrogens is 1010 g/mol. The van der Waals surface area contributed by atoms with E-state index in [1.54, 1.807) is 0 Å². The van der Waals surface area contributed by atoms with E-state index in [9.17, 15) is 0 Å². The van der Waals surface area contributed by atoms with Gasteiger partial charge in [0.05, 0.1) is 22.4 Å². The summed E-state index contributed by atoms with van der Waals surface area (Å²) in [6.45, 7) is 41.7. The summed E-state index contributed by atoms with van der Waals surface area (Å²) in [5.74, 6) is 0. The van der Waals surface area contributed by atoms with Gasteiger partial charge in [0, 0.05) is 32.9 Å². The molecule has 0 unspecified atom stereocenters. The SMILES string of the molecule is CC(C)(C)c1cc(-c2ccc(-c3cccc(N(c4ccc(-c5cc(C(C)(C)C)cc(C(C)(C)C)c5)cc4)c4ccc5ccc6c(-n7c8ccc(C(C)(C)C)cc8c8cc(C(C)(C)C)ccc87)ccc7ccc4c5c76)c3)cc2)cc(C(C)(C)C)c1. The van der Waals surface area contributed by atoms with Crippen molar-refractivity contribution in [2.75, 3.05) is 4.90 Å². The minimum atomic E-state index is 0.0107. The van der Waals surface area contributed by atoms with Gasteiger partial charge in [0.15, 0.2) is 0 Å². The molecule has 0 radical (unpaired) electrons. The zero-order valence-corrected chi connectivity index (χ0v) is 53.4. The normalized spacial score (nSPS) is 13.1. The lowest BCUT2D eigenvalue weighted by Gasteiger charge is -2.29. The minimum absolute atomic E-state index is 0.0107. The number of nitrogens with zero attached hydrogens (tertiary/aromatic N) is 2. The lowest BCUT2D eigenvalue weighted by atomic mass is 9.79. The average Bonchev–Trinajstić information content (AvgIpc) is 1.35. The molecule has 11 aromatic carbocycles. The first-order valence-corrected chi connectivity index (χ1v) is 30.6. The van der Waals surface area contributed by atoms with E-state index in [1.165, 1.54) is 127 Å². The monoisotopic (exact) mass is 1100 g/mol. The molecule has 0 fully saturated rings. The fourth-order valence-electron chi connectivity index (χ4n) is 12.6. The molecule has 0 amide bonds. The predicted molar refractivity (Wildman–Crippen MR) is 368 cm³/mol. The van der Waals surface area contributed by atoms with Gasteiger partial charge in [-0.25, -0.2) is 0 Å². The van der Waals surface area contributed by atoms with Crippen LogP contribution in [0.15, 0.2) is 194 Å². The molecule has 12 rings (SSSR count). The molecular formula is C82H86N2. The quantitative estimate of drug-likeness (QED) is 0.144. The van der Waals surface area contributed by atoms with Crippen molar-refractivity contribution in [3.8, 4) is 39.1 Å². The van der Waals surface area contributed by atoms with Crippen LogP contribution < -0.4 is 4.90 Å². The van der Waals surface area contributed by atoms with Gasteiger partial charge in [-0.1, -0.05) is 258 Å². The fraction of sp³-hybridized carbons (Fsp3) is 0.293.